The van der Waals surface area contributed by atoms with Gasteiger partial charge in [0, 0.05) is 23.1 Å². The van der Waals surface area contributed by atoms with E-state index in [1.54, 1.807) is 12.1 Å². The van der Waals surface area contributed by atoms with Gasteiger partial charge < -0.3 is 5.11 Å². The van der Waals surface area contributed by atoms with E-state index in [0.717, 1.165) is 17.7 Å². The van der Waals surface area contributed by atoms with Crippen molar-refractivity contribution in [1.82, 2.24) is 0 Å². The molecule has 0 unspecified atom stereocenters. The Hall–Kier alpha value is -2.67. The molecule has 2 nitrogen and oxygen atoms in total. The van der Waals surface area contributed by atoms with Crippen molar-refractivity contribution in [2.45, 2.75) is 12.8 Å². The third-order valence-corrected chi connectivity index (χ3v) is 2.85. The van der Waals surface area contributed by atoms with E-state index < -0.39 is 17.6 Å². The van der Waals surface area contributed by atoms with Gasteiger partial charge in [-0.15, -0.1) is 0 Å². The molecular weight excluding hydrogens is 274 g/mol. The van der Waals surface area contributed by atoms with Gasteiger partial charge in [-0.1, -0.05) is 30.0 Å². The Bertz CT molecular complexity index is 690. The highest BCUT2D eigenvalue weighted by Crippen LogP contribution is 2.17. The van der Waals surface area contributed by atoms with Crippen LogP contribution in [0.2, 0.25) is 0 Å². The van der Waals surface area contributed by atoms with E-state index in [1.165, 1.54) is 0 Å². The van der Waals surface area contributed by atoms with Gasteiger partial charge in [0.25, 0.3) is 0 Å². The highest BCUT2D eigenvalue weighted by atomic mass is 19.1. The number of halogens is 2. The fourth-order valence-corrected chi connectivity index (χ4v) is 1.81. The fourth-order valence-electron chi connectivity index (χ4n) is 1.81. The molecule has 106 valence electrons. The predicted octanol–water partition coefficient (Wildman–Crippen LogP) is 3.38. The van der Waals surface area contributed by atoms with Crippen LogP contribution in [0.4, 0.5) is 8.78 Å². The van der Waals surface area contributed by atoms with Gasteiger partial charge >= 0.3 is 5.97 Å². The van der Waals surface area contributed by atoms with E-state index >= 15 is 0 Å². The number of aliphatic carboxylic acids is 1. The first kappa shape index (κ1) is 14.7. The number of carbonyl (C=O) groups is 1. The van der Waals surface area contributed by atoms with Crippen LogP contribution in [-0.4, -0.2) is 11.1 Å². The summed E-state index contributed by atoms with van der Waals surface area (Å²) in [5.74, 6) is 2.86. The monoisotopic (exact) mass is 286 g/mol. The first-order valence-corrected chi connectivity index (χ1v) is 6.33. The third kappa shape index (κ3) is 4.15. The SMILES string of the molecule is O=C(O)CCc1c(F)cc(C#Cc2ccccc2)cc1F. The second-order valence-electron chi connectivity index (χ2n) is 4.43. The molecule has 0 fully saturated rings. The van der Waals surface area contributed by atoms with Crippen LogP contribution in [0.25, 0.3) is 0 Å². The molecule has 0 saturated carbocycles. The molecule has 2 aromatic carbocycles. The van der Waals surface area contributed by atoms with E-state index in [4.69, 9.17) is 5.11 Å². The second kappa shape index (κ2) is 6.67. The normalized spacial score (nSPS) is 9.81. The van der Waals surface area contributed by atoms with E-state index in [-0.39, 0.29) is 24.0 Å². The van der Waals surface area contributed by atoms with Crippen LogP contribution in [0.1, 0.15) is 23.1 Å². The molecule has 0 spiro atoms. The van der Waals surface area contributed by atoms with E-state index in [0.29, 0.717) is 0 Å². The second-order valence-corrected chi connectivity index (χ2v) is 4.43. The Labute approximate surface area is 121 Å². The van der Waals surface area contributed by atoms with Crippen molar-refractivity contribution in [3.05, 3.63) is 70.8 Å². The van der Waals surface area contributed by atoms with Crippen LogP contribution in [0, 0.1) is 23.5 Å². The summed E-state index contributed by atoms with van der Waals surface area (Å²) in [6.45, 7) is 0. The standard InChI is InChI=1S/C17H12F2O2/c18-15-10-13(7-6-12-4-2-1-3-5-12)11-16(19)14(15)8-9-17(20)21/h1-5,10-11H,8-9H2,(H,20,21). The molecule has 0 heterocycles. The number of hydrogen-bond acceptors (Lipinski definition) is 1. The molecule has 0 atom stereocenters. The number of carboxylic acids is 1. The lowest BCUT2D eigenvalue weighted by Crippen LogP contribution is -2.02. The molecule has 0 amide bonds. The number of hydrogen-bond donors (Lipinski definition) is 1. The minimum atomic E-state index is -1.10. The lowest BCUT2D eigenvalue weighted by molar-refractivity contribution is -0.136. The van der Waals surface area contributed by atoms with Crippen LogP contribution in [0.3, 0.4) is 0 Å². The molecular formula is C17H12F2O2. The van der Waals surface area contributed by atoms with Crippen LogP contribution in [-0.2, 0) is 11.2 Å². The Kier molecular flexibility index (Phi) is 4.68. The van der Waals surface area contributed by atoms with Gasteiger partial charge in [0.1, 0.15) is 11.6 Å². The zero-order valence-electron chi connectivity index (χ0n) is 11.1. The average Bonchev–Trinajstić information content (AvgIpc) is 2.45. The summed E-state index contributed by atoms with van der Waals surface area (Å²) in [5, 5.41) is 8.55. The molecule has 4 heteroatoms. The van der Waals surface area contributed by atoms with Crippen molar-refractivity contribution in [2.24, 2.45) is 0 Å². The average molecular weight is 286 g/mol. The van der Waals surface area contributed by atoms with Gasteiger partial charge in [-0.25, -0.2) is 8.78 Å². The first-order valence-electron chi connectivity index (χ1n) is 6.33. The lowest BCUT2D eigenvalue weighted by atomic mass is 10.1. The minimum absolute atomic E-state index is 0.181. The molecule has 2 rings (SSSR count). The van der Waals surface area contributed by atoms with E-state index in [2.05, 4.69) is 11.8 Å². The lowest BCUT2D eigenvalue weighted by Gasteiger charge is -2.04. The van der Waals surface area contributed by atoms with E-state index in [9.17, 15) is 13.6 Å². The summed E-state index contributed by atoms with van der Waals surface area (Å²) in [6.07, 6.45) is -0.498. The van der Waals surface area contributed by atoms with Gasteiger partial charge in [0.15, 0.2) is 0 Å². The summed E-state index contributed by atoms with van der Waals surface area (Å²) in [4.78, 5) is 10.5. The Morgan fingerprint density at radius 2 is 1.57 bits per heavy atom. The van der Waals surface area contributed by atoms with Gasteiger partial charge in [0.05, 0.1) is 0 Å². The third-order valence-electron chi connectivity index (χ3n) is 2.85. The van der Waals surface area contributed by atoms with Crippen molar-refractivity contribution in [3.8, 4) is 11.8 Å². The van der Waals surface area contributed by atoms with Gasteiger partial charge in [-0.05, 0) is 30.7 Å². The zero-order valence-corrected chi connectivity index (χ0v) is 11.1. The maximum absolute atomic E-state index is 13.8. The molecule has 0 saturated heterocycles. The molecule has 0 bridgehead atoms. The van der Waals surface area contributed by atoms with Crippen molar-refractivity contribution < 1.29 is 18.7 Å². The maximum atomic E-state index is 13.8. The number of benzene rings is 2. The molecule has 0 aliphatic carbocycles. The molecule has 1 N–H and O–H groups in total. The van der Waals surface area contributed by atoms with Crippen molar-refractivity contribution >= 4 is 5.97 Å². The molecule has 0 radical (unpaired) electrons. The highest BCUT2D eigenvalue weighted by Gasteiger charge is 2.12. The molecule has 21 heavy (non-hydrogen) atoms. The minimum Gasteiger partial charge on any atom is -0.481 e. The Morgan fingerprint density at radius 3 is 2.14 bits per heavy atom. The van der Waals surface area contributed by atoms with Crippen LogP contribution < -0.4 is 0 Å². The fraction of sp³-hybridized carbons (Fsp3) is 0.118. The Balaban J connectivity index is 2.24. The quantitative estimate of drug-likeness (QED) is 0.878. The number of rotatable bonds is 3. The molecule has 2 aromatic rings. The molecule has 0 aromatic heterocycles. The van der Waals surface area contributed by atoms with Crippen LogP contribution >= 0.6 is 0 Å². The molecule has 0 aliphatic heterocycles. The summed E-state index contributed by atoms with van der Waals surface area (Å²) in [6, 6.07) is 11.3. The maximum Gasteiger partial charge on any atom is 0.303 e. The van der Waals surface area contributed by atoms with E-state index in [1.807, 2.05) is 18.2 Å². The van der Waals surface area contributed by atoms with Crippen LogP contribution in [0.15, 0.2) is 42.5 Å². The van der Waals surface area contributed by atoms with Crippen molar-refractivity contribution in [1.29, 1.82) is 0 Å². The summed E-state index contributed by atoms with van der Waals surface area (Å²) < 4.78 is 27.6. The van der Waals surface area contributed by atoms with Gasteiger partial charge in [-0.3, -0.25) is 4.79 Å². The molecule has 0 aliphatic rings. The van der Waals surface area contributed by atoms with Gasteiger partial charge in [0.2, 0.25) is 0 Å². The smallest absolute Gasteiger partial charge is 0.303 e. The summed E-state index contributed by atoms with van der Waals surface area (Å²) in [7, 11) is 0. The Morgan fingerprint density at radius 1 is 1.00 bits per heavy atom. The number of carboxylic acid groups (broad SMARTS) is 1. The zero-order chi connectivity index (χ0) is 15.2. The van der Waals surface area contributed by atoms with Gasteiger partial charge in [-0.2, -0.15) is 0 Å². The predicted molar refractivity (Wildman–Crippen MR) is 74.7 cm³/mol. The topological polar surface area (TPSA) is 37.3 Å². The highest BCUT2D eigenvalue weighted by molar-refractivity contribution is 5.67. The largest absolute Gasteiger partial charge is 0.481 e. The first-order chi connectivity index (χ1) is 10.1. The van der Waals surface area contributed by atoms with Crippen molar-refractivity contribution in [2.75, 3.05) is 0 Å². The van der Waals surface area contributed by atoms with Crippen molar-refractivity contribution in [3.63, 3.8) is 0 Å². The van der Waals surface area contributed by atoms with Crippen LogP contribution in [0.5, 0.6) is 0 Å². The summed E-state index contributed by atoms with van der Waals surface area (Å²) >= 11 is 0. The summed E-state index contributed by atoms with van der Waals surface area (Å²) in [5.41, 5.74) is 0.740.